The third kappa shape index (κ3) is 4.99. The van der Waals surface area contributed by atoms with Crippen LogP contribution in [0, 0.1) is 12.8 Å². The second kappa shape index (κ2) is 9.60. The molecule has 3 amide bonds. The maximum Gasteiger partial charge on any atom is 0.319 e. The standard InChI is InChI=1S/C21H33N3O2/c1-5-16(6-2)20(25)24-13-11-18(12-14-24)22-21(26)23-19-15(4)9-8-10-17(19)7-3/h8-10,16,18H,5-7,11-14H2,1-4H3,(H2,22,23,26). The number of hydrogen-bond acceptors (Lipinski definition) is 2. The van der Waals surface area contributed by atoms with Gasteiger partial charge >= 0.3 is 6.03 Å². The Labute approximate surface area is 157 Å². The van der Waals surface area contributed by atoms with Crippen molar-refractivity contribution in [1.29, 1.82) is 0 Å². The van der Waals surface area contributed by atoms with E-state index in [4.69, 9.17) is 0 Å². The topological polar surface area (TPSA) is 61.4 Å². The Morgan fingerprint density at radius 1 is 1.15 bits per heavy atom. The van der Waals surface area contributed by atoms with Crippen LogP contribution in [0.4, 0.5) is 10.5 Å². The lowest BCUT2D eigenvalue weighted by atomic mass is 9.98. The number of urea groups is 1. The van der Waals surface area contributed by atoms with Crippen LogP contribution in [0.1, 0.15) is 57.6 Å². The molecule has 1 aromatic carbocycles. The molecular weight excluding hydrogens is 326 g/mol. The highest BCUT2D eigenvalue weighted by molar-refractivity contribution is 5.91. The molecule has 0 aliphatic carbocycles. The molecular formula is C21H33N3O2. The van der Waals surface area contributed by atoms with Crippen molar-refractivity contribution in [3.05, 3.63) is 29.3 Å². The number of rotatable bonds is 6. The number of nitrogens with zero attached hydrogens (tertiary/aromatic N) is 1. The first-order valence-corrected chi connectivity index (χ1v) is 9.94. The van der Waals surface area contributed by atoms with Crippen molar-refractivity contribution in [2.45, 2.75) is 65.8 Å². The quantitative estimate of drug-likeness (QED) is 0.803. The number of benzene rings is 1. The van der Waals surface area contributed by atoms with Crippen LogP contribution in [0.25, 0.3) is 0 Å². The van der Waals surface area contributed by atoms with Crippen LogP contribution < -0.4 is 10.6 Å². The molecule has 1 fully saturated rings. The van der Waals surface area contributed by atoms with Gasteiger partial charge in [-0.05, 0) is 50.2 Å². The van der Waals surface area contributed by atoms with Gasteiger partial charge in [-0.15, -0.1) is 0 Å². The zero-order chi connectivity index (χ0) is 19.1. The molecule has 2 rings (SSSR count). The van der Waals surface area contributed by atoms with Gasteiger partial charge in [0.05, 0.1) is 0 Å². The van der Waals surface area contributed by atoms with Gasteiger partial charge in [0.2, 0.25) is 5.91 Å². The van der Waals surface area contributed by atoms with Crippen LogP contribution in [0.15, 0.2) is 18.2 Å². The number of nitrogens with one attached hydrogen (secondary N) is 2. The van der Waals surface area contributed by atoms with E-state index in [9.17, 15) is 9.59 Å². The molecule has 144 valence electrons. The Morgan fingerprint density at radius 3 is 2.38 bits per heavy atom. The molecule has 1 heterocycles. The number of carbonyl (C=O) groups is 2. The van der Waals surface area contributed by atoms with E-state index in [1.54, 1.807) is 0 Å². The van der Waals surface area contributed by atoms with Crippen molar-refractivity contribution in [2.75, 3.05) is 18.4 Å². The Balaban J connectivity index is 1.86. The smallest absolute Gasteiger partial charge is 0.319 e. The summed E-state index contributed by atoms with van der Waals surface area (Å²) in [4.78, 5) is 26.8. The van der Waals surface area contributed by atoms with Gasteiger partial charge in [0.25, 0.3) is 0 Å². The number of amides is 3. The molecule has 0 unspecified atom stereocenters. The number of carbonyl (C=O) groups excluding carboxylic acids is 2. The highest BCUT2D eigenvalue weighted by Gasteiger charge is 2.27. The summed E-state index contributed by atoms with van der Waals surface area (Å²) in [7, 11) is 0. The molecule has 1 saturated heterocycles. The predicted octanol–water partition coefficient (Wildman–Crippen LogP) is 4.11. The fourth-order valence-corrected chi connectivity index (χ4v) is 3.68. The summed E-state index contributed by atoms with van der Waals surface area (Å²) in [6.07, 6.45) is 4.30. The minimum atomic E-state index is -0.154. The molecule has 2 N–H and O–H groups in total. The van der Waals surface area contributed by atoms with Crippen LogP contribution in [0.3, 0.4) is 0 Å². The highest BCUT2D eigenvalue weighted by atomic mass is 16.2. The second-order valence-electron chi connectivity index (χ2n) is 7.17. The number of aryl methyl sites for hydroxylation is 2. The van der Waals surface area contributed by atoms with Gasteiger partial charge < -0.3 is 15.5 Å². The van der Waals surface area contributed by atoms with Gasteiger partial charge in [-0.3, -0.25) is 4.79 Å². The Morgan fingerprint density at radius 2 is 1.81 bits per heavy atom. The Hall–Kier alpha value is -2.04. The summed E-state index contributed by atoms with van der Waals surface area (Å²) in [6.45, 7) is 9.69. The van der Waals surface area contributed by atoms with E-state index in [1.807, 2.05) is 30.0 Å². The average Bonchev–Trinajstić information content (AvgIpc) is 2.65. The SMILES string of the molecule is CCc1cccc(C)c1NC(=O)NC1CCN(C(=O)C(CC)CC)CC1. The monoisotopic (exact) mass is 359 g/mol. The number of para-hydroxylation sites is 1. The summed E-state index contributed by atoms with van der Waals surface area (Å²) in [5.74, 6) is 0.404. The van der Waals surface area contributed by atoms with Gasteiger partial charge in [-0.2, -0.15) is 0 Å². The average molecular weight is 360 g/mol. The van der Waals surface area contributed by atoms with Crippen LogP contribution in [0.2, 0.25) is 0 Å². The van der Waals surface area contributed by atoms with E-state index in [1.165, 1.54) is 0 Å². The zero-order valence-electron chi connectivity index (χ0n) is 16.6. The van der Waals surface area contributed by atoms with E-state index in [0.29, 0.717) is 0 Å². The van der Waals surface area contributed by atoms with Crippen LogP contribution in [-0.4, -0.2) is 36.0 Å². The predicted molar refractivity (Wildman–Crippen MR) is 106 cm³/mol. The molecule has 26 heavy (non-hydrogen) atoms. The molecule has 5 nitrogen and oxygen atoms in total. The lowest BCUT2D eigenvalue weighted by molar-refractivity contribution is -0.136. The largest absolute Gasteiger partial charge is 0.342 e. The summed E-state index contributed by atoms with van der Waals surface area (Å²) in [5.41, 5.74) is 3.13. The molecule has 0 aromatic heterocycles. The third-order valence-electron chi connectivity index (χ3n) is 5.46. The van der Waals surface area contributed by atoms with Gasteiger partial charge in [-0.25, -0.2) is 4.79 Å². The first kappa shape index (κ1) is 20.3. The summed E-state index contributed by atoms with van der Waals surface area (Å²) in [6, 6.07) is 6.04. The molecule has 0 saturated carbocycles. The summed E-state index contributed by atoms with van der Waals surface area (Å²) < 4.78 is 0. The lowest BCUT2D eigenvalue weighted by Gasteiger charge is -2.34. The van der Waals surface area contributed by atoms with Crippen LogP contribution >= 0.6 is 0 Å². The molecule has 0 bridgehead atoms. The molecule has 0 atom stereocenters. The lowest BCUT2D eigenvalue weighted by Crippen LogP contribution is -2.48. The van der Waals surface area contributed by atoms with Gasteiger partial charge in [0.1, 0.15) is 0 Å². The second-order valence-corrected chi connectivity index (χ2v) is 7.17. The highest BCUT2D eigenvalue weighted by Crippen LogP contribution is 2.21. The molecule has 1 aliphatic rings. The van der Waals surface area contributed by atoms with Gasteiger partial charge in [0.15, 0.2) is 0 Å². The van der Waals surface area contributed by atoms with Crippen LogP contribution in [0.5, 0.6) is 0 Å². The number of likely N-dealkylation sites (tertiary alicyclic amines) is 1. The minimum absolute atomic E-state index is 0.120. The van der Waals surface area contributed by atoms with E-state index >= 15 is 0 Å². The number of anilines is 1. The normalized spacial score (nSPS) is 15.2. The van der Waals surface area contributed by atoms with E-state index in [0.717, 1.165) is 62.0 Å². The van der Waals surface area contributed by atoms with E-state index in [-0.39, 0.29) is 23.9 Å². The maximum absolute atomic E-state index is 12.5. The molecule has 1 aromatic rings. The van der Waals surface area contributed by atoms with Crippen molar-refractivity contribution in [1.82, 2.24) is 10.2 Å². The van der Waals surface area contributed by atoms with Crippen LogP contribution in [-0.2, 0) is 11.2 Å². The fourth-order valence-electron chi connectivity index (χ4n) is 3.68. The summed E-state index contributed by atoms with van der Waals surface area (Å²) >= 11 is 0. The van der Waals surface area contributed by atoms with Crippen molar-refractivity contribution in [3.63, 3.8) is 0 Å². The van der Waals surface area contributed by atoms with Gasteiger partial charge in [-0.1, -0.05) is 39.0 Å². The maximum atomic E-state index is 12.5. The molecule has 5 heteroatoms. The third-order valence-corrected chi connectivity index (χ3v) is 5.46. The number of hydrogen-bond donors (Lipinski definition) is 2. The van der Waals surface area contributed by atoms with E-state index in [2.05, 4.69) is 31.4 Å². The molecule has 0 radical (unpaired) electrons. The molecule has 0 spiro atoms. The minimum Gasteiger partial charge on any atom is -0.342 e. The zero-order valence-corrected chi connectivity index (χ0v) is 16.6. The van der Waals surface area contributed by atoms with Crippen molar-refractivity contribution in [2.24, 2.45) is 5.92 Å². The van der Waals surface area contributed by atoms with Crippen molar-refractivity contribution < 1.29 is 9.59 Å². The molecule has 1 aliphatic heterocycles. The van der Waals surface area contributed by atoms with Crippen molar-refractivity contribution >= 4 is 17.6 Å². The fraction of sp³-hybridized carbons (Fsp3) is 0.619. The Bertz CT molecular complexity index is 618. The number of piperidine rings is 1. The van der Waals surface area contributed by atoms with Crippen molar-refractivity contribution in [3.8, 4) is 0 Å². The first-order chi connectivity index (χ1) is 12.5. The first-order valence-electron chi connectivity index (χ1n) is 9.94. The Kier molecular flexibility index (Phi) is 7.49. The van der Waals surface area contributed by atoms with E-state index < -0.39 is 0 Å². The summed E-state index contributed by atoms with van der Waals surface area (Å²) in [5, 5.41) is 6.09. The van der Waals surface area contributed by atoms with Gasteiger partial charge in [0, 0.05) is 30.7 Å².